The minimum atomic E-state index is -0.455. The zero-order chi connectivity index (χ0) is 13.1. The van der Waals surface area contributed by atoms with Gasteiger partial charge in [-0.3, -0.25) is 9.67 Å². The van der Waals surface area contributed by atoms with Gasteiger partial charge in [0, 0.05) is 12.7 Å². The number of ether oxygens (including phenoxy) is 1. The molecular weight excluding hydrogens is 252 g/mol. The molecule has 0 atom stereocenters. The maximum atomic E-state index is 12.0. The van der Waals surface area contributed by atoms with Crippen LogP contribution in [0.25, 0.3) is 0 Å². The van der Waals surface area contributed by atoms with Gasteiger partial charge in [0.1, 0.15) is 6.61 Å². The topological polar surface area (TPSA) is 83.0 Å². The van der Waals surface area contributed by atoms with Gasteiger partial charge in [0.25, 0.3) is 0 Å². The molecule has 2 N–H and O–H groups in total. The molecule has 0 saturated heterocycles. The molecule has 96 valence electrons. The van der Waals surface area contributed by atoms with Crippen LogP contribution in [-0.4, -0.2) is 20.7 Å². The lowest BCUT2D eigenvalue weighted by atomic mass is 10.3. The molecule has 0 aliphatic carbocycles. The lowest BCUT2D eigenvalue weighted by molar-refractivity contribution is 0.0463. The lowest BCUT2D eigenvalue weighted by Gasteiger charge is -2.05. The minimum absolute atomic E-state index is 0.205. The monoisotopic (exact) mass is 266 g/mol. The molecule has 2 rings (SSSR count). The van der Waals surface area contributed by atoms with E-state index in [9.17, 15) is 4.79 Å². The van der Waals surface area contributed by atoms with Crippen LogP contribution in [0.2, 0.25) is 0 Å². The number of carbonyl (C=O) groups excluding carboxylic acids is 1. The van der Waals surface area contributed by atoms with Crippen LogP contribution in [0.5, 0.6) is 0 Å². The molecule has 0 amide bonds. The average molecular weight is 266 g/mol. The van der Waals surface area contributed by atoms with Crippen molar-refractivity contribution < 1.29 is 9.53 Å². The number of nitrogens with two attached hydrogens (primary N) is 1. The quantitative estimate of drug-likeness (QED) is 0.850. The van der Waals surface area contributed by atoms with E-state index in [-0.39, 0.29) is 6.61 Å². The predicted molar refractivity (Wildman–Crippen MR) is 68.3 cm³/mol. The number of hydrogen-bond donors (Lipinski definition) is 1. The third kappa shape index (κ3) is 2.35. The van der Waals surface area contributed by atoms with Gasteiger partial charge in [0.15, 0.2) is 5.69 Å². The summed E-state index contributed by atoms with van der Waals surface area (Å²) < 4.78 is 6.75. The van der Waals surface area contributed by atoms with E-state index in [1.807, 2.05) is 6.92 Å². The third-order valence-electron chi connectivity index (χ3n) is 2.50. The predicted octanol–water partition coefficient (Wildman–Crippen LogP) is 1.61. The molecular formula is C11H14N4O2S. The Morgan fingerprint density at radius 2 is 2.39 bits per heavy atom. The van der Waals surface area contributed by atoms with Crippen LogP contribution in [0, 0.1) is 6.92 Å². The second kappa shape index (κ2) is 5.18. The van der Waals surface area contributed by atoms with E-state index in [2.05, 4.69) is 10.1 Å². The second-order valence-electron chi connectivity index (χ2n) is 3.71. The van der Waals surface area contributed by atoms with Crippen molar-refractivity contribution in [3.8, 4) is 0 Å². The normalized spacial score (nSPS) is 10.6. The van der Waals surface area contributed by atoms with Crippen molar-refractivity contribution >= 4 is 23.0 Å². The summed E-state index contributed by atoms with van der Waals surface area (Å²) in [5.41, 5.74) is 8.87. The van der Waals surface area contributed by atoms with E-state index in [0.717, 1.165) is 4.88 Å². The number of thiazole rings is 1. The number of aromatic nitrogens is 3. The number of nitrogens with zero attached hydrogens (tertiary/aromatic N) is 3. The second-order valence-corrected chi connectivity index (χ2v) is 4.68. The van der Waals surface area contributed by atoms with Crippen molar-refractivity contribution in [2.45, 2.75) is 27.0 Å². The van der Waals surface area contributed by atoms with Gasteiger partial charge in [0.2, 0.25) is 0 Å². The zero-order valence-corrected chi connectivity index (χ0v) is 11.0. The van der Waals surface area contributed by atoms with Crippen molar-refractivity contribution in [1.29, 1.82) is 0 Å². The van der Waals surface area contributed by atoms with Gasteiger partial charge < -0.3 is 10.5 Å². The molecule has 6 nitrogen and oxygen atoms in total. The van der Waals surface area contributed by atoms with Gasteiger partial charge in [-0.25, -0.2) is 4.79 Å². The van der Waals surface area contributed by atoms with Gasteiger partial charge in [-0.05, 0) is 13.8 Å². The molecule has 0 saturated carbocycles. The molecule has 18 heavy (non-hydrogen) atoms. The van der Waals surface area contributed by atoms with Gasteiger partial charge in [-0.1, -0.05) is 0 Å². The minimum Gasteiger partial charge on any atom is -0.455 e. The Hall–Kier alpha value is -1.89. The summed E-state index contributed by atoms with van der Waals surface area (Å²) in [6.07, 6.45) is 1.67. The first-order valence-corrected chi connectivity index (χ1v) is 6.38. The van der Waals surface area contributed by atoms with Crippen molar-refractivity contribution in [1.82, 2.24) is 14.8 Å². The summed E-state index contributed by atoms with van der Waals surface area (Å²) in [4.78, 5) is 16.8. The Bertz CT molecular complexity index is 548. The Balaban J connectivity index is 2.13. The van der Waals surface area contributed by atoms with Gasteiger partial charge in [-0.15, -0.1) is 11.3 Å². The highest BCUT2D eigenvalue weighted by molar-refractivity contribution is 7.09. The van der Waals surface area contributed by atoms with E-state index in [1.165, 1.54) is 11.3 Å². The largest absolute Gasteiger partial charge is 0.455 e. The molecule has 0 aliphatic rings. The molecule has 0 aliphatic heterocycles. The first-order valence-electron chi connectivity index (χ1n) is 5.50. The highest BCUT2D eigenvalue weighted by Gasteiger charge is 2.20. The van der Waals surface area contributed by atoms with Crippen LogP contribution in [0.3, 0.4) is 0 Å². The van der Waals surface area contributed by atoms with E-state index in [1.54, 1.807) is 23.3 Å². The van der Waals surface area contributed by atoms with Crippen LogP contribution in [0.4, 0.5) is 5.69 Å². The Labute approximate surface area is 108 Å². The lowest BCUT2D eigenvalue weighted by Crippen LogP contribution is -2.14. The number of aryl methyl sites for hydroxylation is 2. The fourth-order valence-corrected chi connectivity index (χ4v) is 2.06. The van der Waals surface area contributed by atoms with Gasteiger partial charge in [-0.2, -0.15) is 5.10 Å². The van der Waals surface area contributed by atoms with Crippen molar-refractivity contribution in [3.05, 3.63) is 28.0 Å². The molecule has 0 aromatic carbocycles. The number of esters is 1. The molecule has 0 unspecified atom stereocenters. The summed E-state index contributed by atoms with van der Waals surface area (Å²) in [6.45, 7) is 4.44. The van der Waals surface area contributed by atoms with E-state index >= 15 is 0 Å². The maximum Gasteiger partial charge on any atom is 0.359 e. The summed E-state index contributed by atoms with van der Waals surface area (Å²) in [7, 11) is 0. The molecule has 2 aromatic heterocycles. The molecule has 0 fully saturated rings. The van der Waals surface area contributed by atoms with Crippen molar-refractivity contribution in [3.63, 3.8) is 0 Å². The molecule has 7 heteroatoms. The average Bonchev–Trinajstić information content (AvgIpc) is 2.96. The SMILES string of the molecule is CCn1nc(C)c(N)c1C(=O)OCc1cncs1. The zero-order valence-electron chi connectivity index (χ0n) is 10.2. The van der Waals surface area contributed by atoms with Crippen LogP contribution in [0.15, 0.2) is 11.7 Å². The number of anilines is 1. The van der Waals surface area contributed by atoms with E-state index in [0.29, 0.717) is 23.6 Å². The highest BCUT2D eigenvalue weighted by atomic mass is 32.1. The summed E-state index contributed by atoms with van der Waals surface area (Å²) in [6, 6.07) is 0. The van der Waals surface area contributed by atoms with E-state index < -0.39 is 5.97 Å². The van der Waals surface area contributed by atoms with Crippen LogP contribution >= 0.6 is 11.3 Å². The summed E-state index contributed by atoms with van der Waals surface area (Å²) >= 11 is 1.44. The fraction of sp³-hybridized carbons (Fsp3) is 0.364. The first kappa shape index (κ1) is 12.6. The number of rotatable bonds is 4. The standard InChI is InChI=1S/C11H14N4O2S/c1-3-15-10(9(12)7(2)14-15)11(16)17-5-8-4-13-6-18-8/h4,6H,3,5,12H2,1-2H3. The smallest absolute Gasteiger partial charge is 0.359 e. The van der Waals surface area contributed by atoms with Crippen LogP contribution in [0.1, 0.15) is 28.0 Å². The Morgan fingerprint density at radius 1 is 1.61 bits per heavy atom. The van der Waals surface area contributed by atoms with Crippen molar-refractivity contribution in [2.24, 2.45) is 0 Å². The third-order valence-corrected chi connectivity index (χ3v) is 3.25. The van der Waals surface area contributed by atoms with Crippen molar-refractivity contribution in [2.75, 3.05) is 5.73 Å². The van der Waals surface area contributed by atoms with E-state index in [4.69, 9.17) is 10.5 Å². The Morgan fingerprint density at radius 3 is 3.00 bits per heavy atom. The molecule has 2 heterocycles. The van der Waals surface area contributed by atoms with Crippen LogP contribution in [-0.2, 0) is 17.9 Å². The molecule has 2 aromatic rings. The first-order chi connectivity index (χ1) is 8.63. The Kier molecular flexibility index (Phi) is 3.61. The summed E-state index contributed by atoms with van der Waals surface area (Å²) in [5, 5.41) is 4.18. The maximum absolute atomic E-state index is 12.0. The van der Waals surface area contributed by atoms with Crippen LogP contribution < -0.4 is 5.73 Å². The highest BCUT2D eigenvalue weighted by Crippen LogP contribution is 2.18. The number of nitrogen functional groups attached to an aromatic ring is 1. The molecule has 0 radical (unpaired) electrons. The fourth-order valence-electron chi connectivity index (χ4n) is 1.56. The number of carbonyl (C=O) groups is 1. The summed E-state index contributed by atoms with van der Waals surface area (Å²) in [5.74, 6) is -0.455. The van der Waals surface area contributed by atoms with Gasteiger partial charge in [0.05, 0.1) is 21.8 Å². The van der Waals surface area contributed by atoms with Gasteiger partial charge >= 0.3 is 5.97 Å². The molecule has 0 bridgehead atoms. The molecule has 0 spiro atoms. The number of hydrogen-bond acceptors (Lipinski definition) is 6.